The second kappa shape index (κ2) is 7.72. The quantitative estimate of drug-likeness (QED) is 0.610. The lowest BCUT2D eigenvalue weighted by molar-refractivity contribution is 0.0601. The van der Waals surface area contributed by atoms with Gasteiger partial charge in [0, 0.05) is 18.4 Å². The van der Waals surface area contributed by atoms with Crippen molar-refractivity contribution in [3.63, 3.8) is 0 Å². The Kier molecular flexibility index (Phi) is 4.98. The van der Waals surface area contributed by atoms with E-state index in [1.54, 1.807) is 13.8 Å². The van der Waals surface area contributed by atoms with Crippen LogP contribution in [0.3, 0.4) is 0 Å². The smallest absolute Gasteiger partial charge is 0.268 e. The molecule has 1 amide bonds. The summed E-state index contributed by atoms with van der Waals surface area (Å²) >= 11 is 6.21. The summed E-state index contributed by atoms with van der Waals surface area (Å²) in [6.07, 6.45) is 2.38. The van der Waals surface area contributed by atoms with Crippen LogP contribution in [0.25, 0.3) is 0 Å². The van der Waals surface area contributed by atoms with Crippen LogP contribution in [0.2, 0.25) is 5.02 Å². The molecule has 0 fully saturated rings. The van der Waals surface area contributed by atoms with Gasteiger partial charge in [-0.05, 0) is 62.2 Å². The minimum absolute atomic E-state index is 0.0420. The second-order valence-electron chi connectivity index (χ2n) is 8.21. The fourth-order valence-electron chi connectivity index (χ4n) is 4.06. The SMILES string of the molecule is CC1(C)Oc2nc(Nc3ccc4c(c3)CNCC4)ncc2C(=O)N1c1c(F)cccc1Cl. The van der Waals surface area contributed by atoms with Gasteiger partial charge in [-0.2, -0.15) is 4.98 Å². The second-order valence-corrected chi connectivity index (χ2v) is 8.61. The predicted molar refractivity (Wildman–Crippen MR) is 120 cm³/mol. The van der Waals surface area contributed by atoms with E-state index in [2.05, 4.69) is 32.7 Å². The van der Waals surface area contributed by atoms with Gasteiger partial charge >= 0.3 is 0 Å². The molecule has 2 aliphatic rings. The lowest BCUT2D eigenvalue weighted by atomic mass is 10.0. The summed E-state index contributed by atoms with van der Waals surface area (Å²) < 4.78 is 20.6. The maximum Gasteiger partial charge on any atom is 0.268 e. The third-order valence-electron chi connectivity index (χ3n) is 5.58. The molecule has 3 aromatic rings. The van der Waals surface area contributed by atoms with Crippen molar-refractivity contribution in [1.82, 2.24) is 15.3 Å². The Hall–Kier alpha value is -3.23. The standard InChI is InChI=1S/C23H21ClFN5O2/c1-23(2)30(19-17(24)4-3-5-18(19)25)21(31)16-12-27-22(29-20(16)32-23)28-15-7-6-13-8-9-26-11-14(13)10-15/h3-7,10,12,26H,8-9,11H2,1-2H3,(H,27,28,29). The molecule has 164 valence electrons. The van der Waals surface area contributed by atoms with Gasteiger partial charge in [0.05, 0.1) is 5.02 Å². The van der Waals surface area contributed by atoms with Crippen molar-refractivity contribution in [3.8, 4) is 5.88 Å². The highest BCUT2D eigenvalue weighted by Gasteiger charge is 2.44. The summed E-state index contributed by atoms with van der Waals surface area (Å²) in [4.78, 5) is 23.2. The van der Waals surface area contributed by atoms with Crippen molar-refractivity contribution in [3.05, 3.63) is 70.1 Å². The number of carbonyl (C=O) groups is 1. The Morgan fingerprint density at radius 1 is 1.25 bits per heavy atom. The van der Waals surface area contributed by atoms with Gasteiger partial charge in [-0.3, -0.25) is 9.69 Å². The molecule has 32 heavy (non-hydrogen) atoms. The number of hydrogen-bond donors (Lipinski definition) is 2. The number of amides is 1. The van der Waals surface area contributed by atoms with Gasteiger partial charge in [-0.15, -0.1) is 0 Å². The van der Waals surface area contributed by atoms with Crippen LogP contribution < -0.4 is 20.3 Å². The zero-order valence-corrected chi connectivity index (χ0v) is 18.3. The van der Waals surface area contributed by atoms with Gasteiger partial charge in [-0.1, -0.05) is 23.7 Å². The van der Waals surface area contributed by atoms with Gasteiger partial charge < -0.3 is 15.4 Å². The number of nitrogens with one attached hydrogen (secondary N) is 2. The van der Waals surface area contributed by atoms with E-state index in [1.165, 1.54) is 40.4 Å². The molecule has 2 aromatic carbocycles. The number of aromatic nitrogens is 2. The highest BCUT2D eigenvalue weighted by atomic mass is 35.5. The van der Waals surface area contributed by atoms with Gasteiger partial charge in [0.1, 0.15) is 17.1 Å². The van der Waals surface area contributed by atoms with Crippen molar-refractivity contribution >= 4 is 34.8 Å². The van der Waals surface area contributed by atoms with Crippen molar-refractivity contribution in [2.75, 3.05) is 16.8 Å². The third-order valence-corrected chi connectivity index (χ3v) is 5.89. The molecule has 0 spiro atoms. The fraction of sp³-hybridized carbons (Fsp3) is 0.261. The minimum atomic E-state index is -1.22. The first-order chi connectivity index (χ1) is 15.3. The molecule has 0 aliphatic carbocycles. The number of fused-ring (bicyclic) bond motifs is 2. The van der Waals surface area contributed by atoms with Gasteiger partial charge in [0.2, 0.25) is 11.8 Å². The molecular weight excluding hydrogens is 433 g/mol. The van der Waals surface area contributed by atoms with E-state index in [0.29, 0.717) is 5.95 Å². The molecule has 0 unspecified atom stereocenters. The molecule has 2 aliphatic heterocycles. The normalized spacial score (nSPS) is 16.8. The molecule has 0 atom stereocenters. The number of rotatable bonds is 3. The fourth-order valence-corrected chi connectivity index (χ4v) is 4.31. The number of nitrogens with zero attached hydrogens (tertiary/aromatic N) is 3. The molecule has 0 saturated heterocycles. The van der Waals surface area contributed by atoms with Crippen molar-refractivity contribution in [1.29, 1.82) is 0 Å². The van der Waals surface area contributed by atoms with Gasteiger partial charge in [0.15, 0.2) is 5.72 Å². The van der Waals surface area contributed by atoms with Gasteiger partial charge in [0.25, 0.3) is 5.91 Å². The van der Waals surface area contributed by atoms with E-state index >= 15 is 0 Å². The van der Waals surface area contributed by atoms with E-state index in [9.17, 15) is 9.18 Å². The molecule has 2 N–H and O–H groups in total. The van der Waals surface area contributed by atoms with Crippen molar-refractivity contribution in [2.45, 2.75) is 32.5 Å². The van der Waals surface area contributed by atoms with Crippen LogP contribution in [-0.4, -0.2) is 28.1 Å². The number of carbonyl (C=O) groups excluding carboxylic acids is 1. The highest BCUT2D eigenvalue weighted by Crippen LogP contribution is 2.40. The predicted octanol–water partition coefficient (Wildman–Crippen LogP) is 4.43. The Morgan fingerprint density at radius 3 is 2.91 bits per heavy atom. The lowest BCUT2D eigenvalue weighted by Gasteiger charge is -2.42. The summed E-state index contributed by atoms with van der Waals surface area (Å²) in [5, 5.41) is 6.64. The summed E-state index contributed by atoms with van der Waals surface area (Å²) in [5.41, 5.74) is 2.25. The number of anilines is 3. The van der Waals surface area contributed by atoms with Gasteiger partial charge in [-0.25, -0.2) is 9.37 Å². The van der Waals surface area contributed by atoms with Crippen LogP contribution >= 0.6 is 11.6 Å². The maximum absolute atomic E-state index is 14.6. The molecule has 0 bridgehead atoms. The lowest BCUT2D eigenvalue weighted by Crippen LogP contribution is -2.56. The first kappa shape index (κ1) is 20.7. The molecule has 0 saturated carbocycles. The van der Waals surface area contributed by atoms with Crippen LogP contribution in [0.5, 0.6) is 5.88 Å². The third kappa shape index (κ3) is 3.55. The Balaban J connectivity index is 1.47. The summed E-state index contributed by atoms with van der Waals surface area (Å²) in [6, 6.07) is 10.4. The average molecular weight is 454 g/mol. The number of halogens is 2. The van der Waals surface area contributed by atoms with Crippen LogP contribution in [0.1, 0.15) is 35.3 Å². The number of ether oxygens (including phenoxy) is 1. The topological polar surface area (TPSA) is 79.4 Å². The number of hydrogen-bond acceptors (Lipinski definition) is 6. The largest absolute Gasteiger partial charge is 0.450 e. The van der Waals surface area contributed by atoms with Crippen LogP contribution in [0, 0.1) is 5.82 Å². The average Bonchev–Trinajstić information content (AvgIpc) is 2.75. The van der Waals surface area contributed by atoms with Crippen molar-refractivity contribution < 1.29 is 13.9 Å². The highest BCUT2D eigenvalue weighted by molar-refractivity contribution is 6.34. The van der Waals surface area contributed by atoms with E-state index in [0.717, 1.165) is 25.2 Å². The molecule has 3 heterocycles. The van der Waals surface area contributed by atoms with Crippen LogP contribution in [-0.2, 0) is 13.0 Å². The molecule has 7 nitrogen and oxygen atoms in total. The minimum Gasteiger partial charge on any atom is -0.450 e. The zero-order chi connectivity index (χ0) is 22.5. The van der Waals surface area contributed by atoms with Crippen molar-refractivity contribution in [2.24, 2.45) is 0 Å². The molecule has 9 heteroatoms. The summed E-state index contributed by atoms with van der Waals surface area (Å²) in [6.45, 7) is 5.10. The summed E-state index contributed by atoms with van der Waals surface area (Å²) in [7, 11) is 0. The van der Waals surface area contributed by atoms with E-state index < -0.39 is 17.4 Å². The first-order valence-corrected chi connectivity index (χ1v) is 10.7. The van der Waals surface area contributed by atoms with Crippen LogP contribution in [0.15, 0.2) is 42.6 Å². The Morgan fingerprint density at radius 2 is 2.09 bits per heavy atom. The maximum atomic E-state index is 14.6. The Bertz CT molecular complexity index is 1210. The van der Waals surface area contributed by atoms with E-state index in [1.807, 2.05) is 6.07 Å². The first-order valence-electron chi connectivity index (χ1n) is 10.3. The molecular formula is C23H21ClFN5O2. The number of benzene rings is 2. The zero-order valence-electron chi connectivity index (χ0n) is 17.6. The molecule has 5 rings (SSSR count). The summed E-state index contributed by atoms with van der Waals surface area (Å²) in [5.74, 6) is -0.684. The Labute approximate surface area is 189 Å². The monoisotopic (exact) mass is 453 g/mol. The molecule has 0 radical (unpaired) electrons. The van der Waals surface area contributed by atoms with Crippen LogP contribution in [0.4, 0.5) is 21.7 Å². The van der Waals surface area contributed by atoms with E-state index in [4.69, 9.17) is 16.3 Å². The van der Waals surface area contributed by atoms with E-state index in [-0.39, 0.29) is 22.2 Å². The number of para-hydroxylation sites is 1. The molecule has 1 aromatic heterocycles.